The van der Waals surface area contributed by atoms with Crippen LogP contribution >= 0.6 is 34.8 Å². The van der Waals surface area contributed by atoms with E-state index in [1.165, 1.54) is 7.11 Å². The van der Waals surface area contributed by atoms with Gasteiger partial charge in [0.2, 0.25) is 0 Å². The van der Waals surface area contributed by atoms with E-state index >= 15 is 0 Å². The fourth-order valence-corrected chi connectivity index (χ4v) is 1.74. The van der Waals surface area contributed by atoms with Gasteiger partial charge < -0.3 is 4.74 Å². The first kappa shape index (κ1) is 16.8. The van der Waals surface area contributed by atoms with Crippen LogP contribution in [0.4, 0.5) is 0 Å². The molecule has 108 valence electrons. The van der Waals surface area contributed by atoms with Crippen molar-refractivity contribution in [1.29, 1.82) is 0 Å². The molecule has 7 heteroatoms. The summed E-state index contributed by atoms with van der Waals surface area (Å²) in [6.07, 6.45) is 0. The first-order valence-electron chi connectivity index (χ1n) is 5.47. The maximum atomic E-state index is 12.1. The second kappa shape index (κ2) is 6.97. The zero-order chi connectivity index (χ0) is 15.3. The second-order valence-electron chi connectivity index (χ2n) is 3.81. The van der Waals surface area contributed by atoms with Crippen molar-refractivity contribution in [2.75, 3.05) is 7.11 Å². The molecule has 20 heavy (non-hydrogen) atoms. The van der Waals surface area contributed by atoms with E-state index in [4.69, 9.17) is 34.8 Å². The molecular weight excluding hydrogens is 325 g/mol. The van der Waals surface area contributed by atoms with E-state index in [2.05, 4.69) is 11.3 Å². The Morgan fingerprint density at radius 1 is 1.25 bits per heavy atom. The molecule has 0 fully saturated rings. The van der Waals surface area contributed by atoms with Crippen molar-refractivity contribution in [2.45, 2.75) is 10.3 Å². The molecule has 1 aromatic carbocycles. The van der Waals surface area contributed by atoms with Crippen LogP contribution in [0.1, 0.15) is 5.56 Å². The number of benzene rings is 1. The summed E-state index contributed by atoms with van der Waals surface area (Å²) in [6.45, 7) is 3.55. The van der Waals surface area contributed by atoms with Gasteiger partial charge in [0.1, 0.15) is 5.70 Å². The van der Waals surface area contributed by atoms with Gasteiger partial charge in [0.25, 0.3) is 9.70 Å². The Labute approximate surface area is 131 Å². The molecule has 0 aliphatic rings. The van der Waals surface area contributed by atoms with Gasteiger partial charge in [0, 0.05) is 0 Å². The van der Waals surface area contributed by atoms with Crippen LogP contribution in [0.15, 0.2) is 42.6 Å². The van der Waals surface area contributed by atoms with E-state index in [-0.39, 0.29) is 12.2 Å². The fraction of sp³-hybridized carbons (Fsp3) is 0.231. The van der Waals surface area contributed by atoms with Gasteiger partial charge in [-0.1, -0.05) is 71.7 Å². The average Bonchev–Trinajstić information content (AvgIpc) is 2.42. The summed E-state index contributed by atoms with van der Waals surface area (Å²) in [4.78, 5) is 24.6. The minimum Gasteiger partial charge on any atom is -0.464 e. The molecule has 0 aliphatic heterocycles. The van der Waals surface area contributed by atoms with Gasteiger partial charge in [-0.2, -0.15) is 0 Å². The van der Waals surface area contributed by atoms with Crippen LogP contribution in [0.5, 0.6) is 0 Å². The number of halogens is 3. The first-order valence-corrected chi connectivity index (χ1v) is 6.60. The molecule has 1 rings (SSSR count). The predicted molar refractivity (Wildman–Crippen MR) is 78.4 cm³/mol. The van der Waals surface area contributed by atoms with Crippen LogP contribution in [-0.4, -0.2) is 27.7 Å². The third kappa shape index (κ3) is 4.40. The van der Waals surface area contributed by atoms with Crippen molar-refractivity contribution in [2.24, 2.45) is 0 Å². The van der Waals surface area contributed by atoms with E-state index in [0.717, 1.165) is 10.5 Å². The second-order valence-corrected chi connectivity index (χ2v) is 6.09. The molecule has 0 aliphatic carbocycles. The molecule has 0 N–H and O–H groups in total. The molecule has 1 amide bonds. The van der Waals surface area contributed by atoms with Crippen LogP contribution in [0, 0.1) is 0 Å². The molecule has 0 heterocycles. The smallest absolute Gasteiger partial charge is 0.354 e. The number of alkyl halides is 3. The summed E-state index contributed by atoms with van der Waals surface area (Å²) < 4.78 is 2.34. The van der Waals surface area contributed by atoms with Gasteiger partial charge in [-0.15, -0.1) is 0 Å². The number of amides is 1. The molecule has 0 radical (unpaired) electrons. The Kier molecular flexibility index (Phi) is 5.87. The Hall–Kier alpha value is -1.23. The lowest BCUT2D eigenvalue weighted by molar-refractivity contribution is -0.142. The average molecular weight is 337 g/mol. The number of methoxy groups -OCH3 is 1. The van der Waals surface area contributed by atoms with Gasteiger partial charge in [0.15, 0.2) is 0 Å². The number of hydrogen-bond donors (Lipinski definition) is 0. The highest BCUT2D eigenvalue weighted by Crippen LogP contribution is 2.30. The SMILES string of the molecule is C=C(C(=O)OC)N(Cc1ccccc1)C(=O)C(Cl)(Cl)Cl. The zero-order valence-electron chi connectivity index (χ0n) is 10.6. The number of carbonyl (C=O) groups is 2. The molecule has 0 saturated heterocycles. The summed E-state index contributed by atoms with van der Waals surface area (Å²) >= 11 is 16.7. The highest BCUT2D eigenvalue weighted by molar-refractivity contribution is 6.76. The first-order chi connectivity index (χ1) is 9.27. The van der Waals surface area contributed by atoms with Crippen LogP contribution in [0.2, 0.25) is 0 Å². The fourth-order valence-electron chi connectivity index (χ4n) is 1.44. The molecule has 4 nitrogen and oxygen atoms in total. The van der Waals surface area contributed by atoms with Crippen molar-refractivity contribution in [3.63, 3.8) is 0 Å². The maximum absolute atomic E-state index is 12.1. The van der Waals surface area contributed by atoms with Gasteiger partial charge in [0.05, 0.1) is 13.7 Å². The predicted octanol–water partition coefficient (Wildman–Crippen LogP) is 3.07. The monoisotopic (exact) mass is 335 g/mol. The number of ether oxygens (including phenoxy) is 1. The lowest BCUT2D eigenvalue weighted by atomic mass is 10.2. The summed E-state index contributed by atoms with van der Waals surface area (Å²) in [5.41, 5.74) is 0.549. The minimum atomic E-state index is -2.19. The summed E-state index contributed by atoms with van der Waals surface area (Å²) in [7, 11) is 1.17. The van der Waals surface area contributed by atoms with Crippen molar-refractivity contribution >= 4 is 46.7 Å². The Morgan fingerprint density at radius 2 is 1.80 bits per heavy atom. The topological polar surface area (TPSA) is 46.6 Å². The number of esters is 1. The molecule has 0 bridgehead atoms. The van der Waals surface area contributed by atoms with E-state index in [0.29, 0.717) is 0 Å². The van der Waals surface area contributed by atoms with Crippen molar-refractivity contribution in [3.05, 3.63) is 48.2 Å². The van der Waals surface area contributed by atoms with Crippen LogP contribution in [0.25, 0.3) is 0 Å². The third-order valence-electron chi connectivity index (χ3n) is 2.42. The third-order valence-corrected chi connectivity index (χ3v) is 2.90. The largest absolute Gasteiger partial charge is 0.464 e. The van der Waals surface area contributed by atoms with E-state index in [9.17, 15) is 9.59 Å². The van der Waals surface area contributed by atoms with E-state index in [1.807, 2.05) is 6.07 Å². The quantitative estimate of drug-likeness (QED) is 0.482. The highest BCUT2D eigenvalue weighted by atomic mass is 35.6. The van der Waals surface area contributed by atoms with E-state index in [1.54, 1.807) is 24.3 Å². The van der Waals surface area contributed by atoms with Crippen LogP contribution < -0.4 is 0 Å². The summed E-state index contributed by atoms with van der Waals surface area (Å²) in [5, 5.41) is 0. The molecule has 0 atom stereocenters. The zero-order valence-corrected chi connectivity index (χ0v) is 12.9. The Bertz CT molecular complexity index is 511. The molecule has 0 spiro atoms. The molecule has 0 aromatic heterocycles. The normalized spacial score (nSPS) is 10.8. The van der Waals surface area contributed by atoms with Gasteiger partial charge in [-0.05, 0) is 5.56 Å². The minimum absolute atomic E-state index is 0.0432. The Morgan fingerprint density at radius 3 is 2.25 bits per heavy atom. The van der Waals surface area contributed by atoms with Crippen LogP contribution in [0.3, 0.4) is 0 Å². The van der Waals surface area contributed by atoms with Crippen molar-refractivity contribution < 1.29 is 14.3 Å². The van der Waals surface area contributed by atoms with Gasteiger partial charge >= 0.3 is 5.97 Å². The lowest BCUT2D eigenvalue weighted by Crippen LogP contribution is -2.40. The summed E-state index contributed by atoms with van der Waals surface area (Å²) in [6, 6.07) is 8.93. The molecule has 0 saturated carbocycles. The number of carbonyl (C=O) groups excluding carboxylic acids is 2. The van der Waals surface area contributed by atoms with E-state index < -0.39 is 15.7 Å². The lowest BCUT2D eigenvalue weighted by Gasteiger charge is -2.26. The summed E-state index contributed by atoms with van der Waals surface area (Å²) in [5.74, 6) is -1.65. The van der Waals surface area contributed by atoms with Gasteiger partial charge in [-0.25, -0.2) is 4.79 Å². The maximum Gasteiger partial charge on any atom is 0.354 e. The number of hydrogen-bond acceptors (Lipinski definition) is 3. The highest BCUT2D eigenvalue weighted by Gasteiger charge is 2.38. The molecule has 1 aromatic rings. The molecular formula is C13H12Cl3NO3. The Balaban J connectivity index is 3.05. The standard InChI is InChI=1S/C13H12Cl3NO3/c1-9(11(18)20-2)17(12(19)13(14,15)16)8-10-6-4-3-5-7-10/h3-7H,1,8H2,2H3. The van der Waals surface area contributed by atoms with Crippen LogP contribution in [-0.2, 0) is 20.9 Å². The number of rotatable bonds is 4. The van der Waals surface area contributed by atoms with Gasteiger partial charge in [-0.3, -0.25) is 9.69 Å². The number of nitrogens with zero attached hydrogens (tertiary/aromatic N) is 1. The van der Waals surface area contributed by atoms with Crippen molar-refractivity contribution in [1.82, 2.24) is 4.90 Å². The molecule has 0 unspecified atom stereocenters. The van der Waals surface area contributed by atoms with Crippen molar-refractivity contribution in [3.8, 4) is 0 Å².